The van der Waals surface area contributed by atoms with Crippen LogP contribution in [0.4, 0.5) is 0 Å². The molecule has 0 rings (SSSR count). The minimum absolute atomic E-state index is 0.00257. The maximum atomic E-state index is 12.8. The van der Waals surface area contributed by atoms with Gasteiger partial charge in [-0.25, -0.2) is 0 Å². The first kappa shape index (κ1) is 23.9. The van der Waals surface area contributed by atoms with E-state index < -0.39 is 8.32 Å². The molecule has 0 aromatic rings. The lowest BCUT2D eigenvalue weighted by molar-refractivity contribution is -0.139. The van der Waals surface area contributed by atoms with E-state index in [0.717, 1.165) is 24.9 Å². The Morgan fingerprint density at radius 1 is 0.958 bits per heavy atom. The van der Waals surface area contributed by atoms with E-state index in [1.807, 2.05) is 20.8 Å². The first-order chi connectivity index (χ1) is 11.1. The maximum Gasteiger partial charge on any atom is 0.295 e. The SMILES string of the molecule is CCC(C)[Si](CC(C)C)(OC(=O)C(C)C[Si]OC(C)C)C(C)CC. The summed E-state index contributed by atoms with van der Waals surface area (Å²) < 4.78 is 12.0. The predicted molar refractivity (Wildman–Crippen MR) is 107 cm³/mol. The van der Waals surface area contributed by atoms with E-state index in [1.165, 1.54) is 0 Å². The third-order valence-electron chi connectivity index (χ3n) is 5.02. The van der Waals surface area contributed by atoms with Crippen LogP contribution >= 0.6 is 0 Å². The largest absolute Gasteiger partial charge is 0.518 e. The van der Waals surface area contributed by atoms with Crippen molar-refractivity contribution >= 4 is 24.0 Å². The molecule has 3 atom stereocenters. The van der Waals surface area contributed by atoms with Gasteiger partial charge < -0.3 is 8.85 Å². The summed E-state index contributed by atoms with van der Waals surface area (Å²) in [5.41, 5.74) is 1.00. The van der Waals surface area contributed by atoms with Gasteiger partial charge in [0.25, 0.3) is 14.3 Å². The lowest BCUT2D eigenvalue weighted by atomic mass is 10.2. The number of hydrogen-bond acceptors (Lipinski definition) is 3. The molecule has 0 heterocycles. The van der Waals surface area contributed by atoms with Crippen molar-refractivity contribution in [2.24, 2.45) is 11.8 Å². The van der Waals surface area contributed by atoms with Crippen LogP contribution in [0, 0.1) is 11.8 Å². The summed E-state index contributed by atoms with van der Waals surface area (Å²) >= 11 is 0. The molecule has 3 nitrogen and oxygen atoms in total. The lowest BCUT2D eigenvalue weighted by Gasteiger charge is -2.42. The van der Waals surface area contributed by atoms with Crippen molar-refractivity contribution in [1.29, 1.82) is 0 Å². The monoisotopic (exact) mass is 372 g/mol. The maximum absolute atomic E-state index is 12.8. The molecule has 0 aliphatic rings. The van der Waals surface area contributed by atoms with Gasteiger partial charge in [-0.05, 0) is 42.9 Å². The molecule has 5 heteroatoms. The lowest BCUT2D eigenvalue weighted by Crippen LogP contribution is -2.49. The Morgan fingerprint density at radius 2 is 1.46 bits per heavy atom. The first-order valence-electron chi connectivity index (χ1n) is 9.71. The summed E-state index contributed by atoms with van der Waals surface area (Å²) in [6, 6.07) is 1.84. The zero-order valence-electron chi connectivity index (χ0n) is 17.4. The van der Waals surface area contributed by atoms with Gasteiger partial charge in [-0.2, -0.15) is 0 Å². The highest BCUT2D eigenvalue weighted by Crippen LogP contribution is 2.43. The third kappa shape index (κ3) is 7.40. The number of rotatable bonds is 12. The molecule has 0 aromatic heterocycles. The van der Waals surface area contributed by atoms with Gasteiger partial charge in [0.1, 0.15) is 0 Å². The second-order valence-corrected chi connectivity index (χ2v) is 13.4. The Labute approximate surface area is 154 Å². The molecule has 2 radical (unpaired) electrons. The molecule has 142 valence electrons. The molecule has 0 bridgehead atoms. The Morgan fingerprint density at radius 3 is 1.83 bits per heavy atom. The first-order valence-corrected chi connectivity index (χ1v) is 13.1. The number of carbonyl (C=O) groups is 1. The van der Waals surface area contributed by atoms with Crippen LogP contribution in [-0.2, 0) is 13.6 Å². The highest BCUT2D eigenvalue weighted by molar-refractivity contribution is 6.77. The van der Waals surface area contributed by atoms with E-state index in [-0.39, 0.29) is 18.0 Å². The molecule has 0 N–H and O–H groups in total. The Balaban J connectivity index is 5.17. The zero-order chi connectivity index (χ0) is 18.9. The minimum Gasteiger partial charge on any atom is -0.518 e. The van der Waals surface area contributed by atoms with E-state index in [2.05, 4.69) is 41.5 Å². The van der Waals surface area contributed by atoms with Gasteiger partial charge in [0.15, 0.2) is 0 Å². The van der Waals surface area contributed by atoms with Gasteiger partial charge in [0, 0.05) is 6.10 Å². The van der Waals surface area contributed by atoms with Crippen LogP contribution in [0.1, 0.15) is 75.2 Å². The Bertz CT molecular complexity index is 349. The van der Waals surface area contributed by atoms with Gasteiger partial charge in [-0.15, -0.1) is 0 Å². The third-order valence-corrected chi connectivity index (χ3v) is 12.6. The number of hydrogen-bond donors (Lipinski definition) is 0. The highest BCUT2D eigenvalue weighted by atomic mass is 28.4. The molecule has 0 aliphatic heterocycles. The van der Waals surface area contributed by atoms with E-state index in [0.29, 0.717) is 26.8 Å². The summed E-state index contributed by atoms with van der Waals surface area (Å²) in [5.74, 6) is 0.492. The molecule has 0 saturated heterocycles. The van der Waals surface area contributed by atoms with E-state index in [9.17, 15) is 4.79 Å². The quantitative estimate of drug-likeness (QED) is 0.404. The predicted octanol–water partition coefficient (Wildman–Crippen LogP) is 5.83. The molecule has 0 aliphatic carbocycles. The van der Waals surface area contributed by atoms with Gasteiger partial charge in [0.2, 0.25) is 9.76 Å². The van der Waals surface area contributed by atoms with Gasteiger partial charge in [-0.1, -0.05) is 61.3 Å². The highest BCUT2D eigenvalue weighted by Gasteiger charge is 2.48. The average Bonchev–Trinajstić information content (AvgIpc) is 2.51. The molecule has 0 aromatic carbocycles. The van der Waals surface area contributed by atoms with Crippen LogP contribution in [0.15, 0.2) is 0 Å². The van der Waals surface area contributed by atoms with Crippen LogP contribution in [0.25, 0.3) is 0 Å². The van der Waals surface area contributed by atoms with Crippen molar-refractivity contribution in [1.82, 2.24) is 0 Å². The van der Waals surface area contributed by atoms with E-state index >= 15 is 0 Å². The van der Waals surface area contributed by atoms with Crippen LogP contribution in [-0.4, -0.2) is 30.2 Å². The van der Waals surface area contributed by atoms with Crippen molar-refractivity contribution < 1.29 is 13.6 Å². The summed E-state index contributed by atoms with van der Waals surface area (Å²) in [6.07, 6.45) is 2.40. The van der Waals surface area contributed by atoms with Crippen LogP contribution in [0.3, 0.4) is 0 Å². The Kier molecular flexibility index (Phi) is 11.4. The molecule has 0 fully saturated rings. The fraction of sp³-hybridized carbons (Fsp3) is 0.947. The molecule has 0 spiro atoms. The standard InChI is InChI=1S/C19H40O3Si2/c1-10-17(8)24(13-14(3)4,18(9)11-2)22-19(20)16(7)12-23-21-15(5)6/h14-18H,10-13H2,1-9H3. The summed E-state index contributed by atoms with van der Waals surface area (Å²) in [6.45, 7) is 19.6. The van der Waals surface area contributed by atoms with Crippen LogP contribution < -0.4 is 0 Å². The molecular formula is C19H40O3Si2. The average molecular weight is 373 g/mol. The fourth-order valence-electron chi connectivity index (χ4n) is 3.17. The van der Waals surface area contributed by atoms with E-state index in [4.69, 9.17) is 8.85 Å². The topological polar surface area (TPSA) is 35.5 Å². The van der Waals surface area contributed by atoms with E-state index in [1.54, 1.807) is 0 Å². The summed E-state index contributed by atoms with van der Waals surface area (Å²) in [4.78, 5) is 12.8. The fourth-order valence-corrected chi connectivity index (χ4v) is 9.51. The zero-order valence-corrected chi connectivity index (χ0v) is 19.4. The van der Waals surface area contributed by atoms with Crippen LogP contribution in [0.2, 0.25) is 23.2 Å². The second-order valence-electron chi connectivity index (χ2n) is 8.01. The van der Waals surface area contributed by atoms with Crippen molar-refractivity contribution in [3.05, 3.63) is 0 Å². The molecule has 0 saturated carbocycles. The van der Waals surface area contributed by atoms with Crippen molar-refractivity contribution in [3.63, 3.8) is 0 Å². The summed E-state index contributed by atoms with van der Waals surface area (Å²) in [5, 5.41) is 0. The van der Waals surface area contributed by atoms with Crippen molar-refractivity contribution in [3.8, 4) is 0 Å². The molecule has 0 amide bonds. The molecular weight excluding hydrogens is 332 g/mol. The van der Waals surface area contributed by atoms with Gasteiger partial charge in [0.05, 0.1) is 5.92 Å². The van der Waals surface area contributed by atoms with Gasteiger partial charge >= 0.3 is 0 Å². The molecule has 3 unspecified atom stereocenters. The van der Waals surface area contributed by atoms with Crippen molar-refractivity contribution in [2.45, 2.75) is 104 Å². The summed E-state index contributed by atoms with van der Waals surface area (Å²) in [7, 11) is -1.77. The second kappa shape index (κ2) is 11.5. The van der Waals surface area contributed by atoms with Crippen LogP contribution in [0.5, 0.6) is 0 Å². The molecule has 24 heavy (non-hydrogen) atoms. The van der Waals surface area contributed by atoms with Crippen molar-refractivity contribution in [2.75, 3.05) is 0 Å². The Hall–Kier alpha value is -0.136. The number of carbonyl (C=O) groups excluding carboxylic acids is 1. The normalized spacial score (nSPS) is 18.3. The smallest absolute Gasteiger partial charge is 0.295 e. The minimum atomic E-state index is -2.14. The van der Waals surface area contributed by atoms with Gasteiger partial charge in [-0.3, -0.25) is 4.79 Å².